The van der Waals surface area contributed by atoms with Gasteiger partial charge in [0.1, 0.15) is 18.6 Å². The molecule has 0 saturated carbocycles. The van der Waals surface area contributed by atoms with E-state index in [1.807, 2.05) is 0 Å². The second-order valence-electron chi connectivity index (χ2n) is 4.15. The lowest BCUT2D eigenvalue weighted by molar-refractivity contribution is 0.112. The number of nitrogens with zero attached hydrogens (tertiary/aromatic N) is 4. The van der Waals surface area contributed by atoms with Gasteiger partial charge in [0, 0.05) is 12.1 Å². The van der Waals surface area contributed by atoms with E-state index in [0.717, 1.165) is 25.7 Å². The first-order valence-corrected chi connectivity index (χ1v) is 6.26. The highest BCUT2D eigenvalue weighted by molar-refractivity contribution is 5.75. The molecular weight excluding hydrogens is 244 g/mol. The Morgan fingerprint density at radius 2 is 2.32 bits per heavy atom. The zero-order chi connectivity index (χ0) is 13.5. The Kier molecular flexibility index (Phi) is 4.60. The molecule has 0 N–H and O–H groups in total. The van der Waals surface area contributed by atoms with Crippen molar-refractivity contribution in [2.45, 2.75) is 32.9 Å². The van der Waals surface area contributed by atoms with Crippen molar-refractivity contribution in [2.75, 3.05) is 0 Å². The van der Waals surface area contributed by atoms with Crippen molar-refractivity contribution in [3.05, 3.63) is 35.7 Å². The molecule has 1 heterocycles. The van der Waals surface area contributed by atoms with Gasteiger partial charge in [0.2, 0.25) is 0 Å². The molecule has 0 unspecified atom stereocenters. The lowest BCUT2D eigenvalue weighted by Gasteiger charge is -2.06. The van der Waals surface area contributed by atoms with E-state index in [-0.39, 0.29) is 0 Å². The summed E-state index contributed by atoms with van der Waals surface area (Å²) in [6, 6.07) is 6.99. The van der Waals surface area contributed by atoms with Crippen LogP contribution in [0.4, 0.5) is 0 Å². The summed E-state index contributed by atoms with van der Waals surface area (Å²) < 4.78 is 7.33. The van der Waals surface area contributed by atoms with Gasteiger partial charge in [0.05, 0.1) is 0 Å². The number of carbonyl (C=O) groups excluding carboxylic acids is 1. The van der Waals surface area contributed by atoms with Crippen molar-refractivity contribution in [3.8, 4) is 5.75 Å². The van der Waals surface area contributed by atoms with Gasteiger partial charge in [-0.2, -0.15) is 0 Å². The van der Waals surface area contributed by atoms with Crippen LogP contribution in [0, 0.1) is 0 Å². The number of unbranched alkanes of at least 4 members (excludes halogenated alkanes) is 1. The van der Waals surface area contributed by atoms with Gasteiger partial charge in [-0.05, 0) is 29.0 Å². The van der Waals surface area contributed by atoms with E-state index in [0.29, 0.717) is 23.7 Å². The molecule has 0 radical (unpaired) electrons. The molecule has 0 aliphatic carbocycles. The van der Waals surface area contributed by atoms with Crippen LogP contribution in [-0.2, 0) is 13.2 Å². The van der Waals surface area contributed by atoms with E-state index in [4.69, 9.17) is 4.74 Å². The van der Waals surface area contributed by atoms with Gasteiger partial charge < -0.3 is 4.74 Å². The van der Waals surface area contributed by atoms with E-state index in [1.165, 1.54) is 0 Å². The number of ether oxygens (including phenoxy) is 1. The van der Waals surface area contributed by atoms with Crippen LogP contribution in [0.2, 0.25) is 0 Å². The number of aromatic nitrogens is 4. The van der Waals surface area contributed by atoms with Gasteiger partial charge in [-0.25, -0.2) is 4.68 Å². The third kappa shape index (κ3) is 3.61. The molecule has 0 amide bonds. The van der Waals surface area contributed by atoms with Crippen LogP contribution in [-0.4, -0.2) is 26.5 Å². The SMILES string of the molecule is CCCCn1nnnc1COc1cccc(C=O)c1. The first-order chi connectivity index (χ1) is 9.33. The first-order valence-electron chi connectivity index (χ1n) is 6.26. The van der Waals surface area contributed by atoms with Gasteiger partial charge >= 0.3 is 0 Å². The molecule has 100 valence electrons. The zero-order valence-electron chi connectivity index (χ0n) is 10.8. The third-order valence-corrected chi connectivity index (χ3v) is 2.69. The van der Waals surface area contributed by atoms with Crippen molar-refractivity contribution < 1.29 is 9.53 Å². The van der Waals surface area contributed by atoms with E-state index >= 15 is 0 Å². The smallest absolute Gasteiger partial charge is 0.189 e. The lowest BCUT2D eigenvalue weighted by atomic mass is 10.2. The Morgan fingerprint density at radius 1 is 1.42 bits per heavy atom. The predicted octanol–water partition coefficient (Wildman–Crippen LogP) is 1.86. The average molecular weight is 260 g/mol. The van der Waals surface area contributed by atoms with Crippen molar-refractivity contribution >= 4 is 6.29 Å². The van der Waals surface area contributed by atoms with Gasteiger partial charge in [-0.15, -0.1) is 5.10 Å². The maximum Gasteiger partial charge on any atom is 0.189 e. The zero-order valence-corrected chi connectivity index (χ0v) is 10.8. The van der Waals surface area contributed by atoms with Crippen molar-refractivity contribution in [1.29, 1.82) is 0 Å². The average Bonchev–Trinajstić information content (AvgIpc) is 2.90. The van der Waals surface area contributed by atoms with E-state index in [1.54, 1.807) is 28.9 Å². The summed E-state index contributed by atoms with van der Waals surface area (Å²) >= 11 is 0. The van der Waals surface area contributed by atoms with E-state index < -0.39 is 0 Å². The molecule has 6 nitrogen and oxygen atoms in total. The number of aryl methyl sites for hydroxylation is 1. The molecule has 0 atom stereocenters. The second kappa shape index (κ2) is 6.63. The Bertz CT molecular complexity index is 539. The topological polar surface area (TPSA) is 69.9 Å². The minimum atomic E-state index is 0.291. The molecule has 0 spiro atoms. The number of carbonyl (C=O) groups is 1. The fraction of sp³-hybridized carbons (Fsp3) is 0.385. The van der Waals surface area contributed by atoms with E-state index in [9.17, 15) is 4.79 Å². The largest absolute Gasteiger partial charge is 0.486 e. The molecule has 0 aliphatic rings. The van der Waals surface area contributed by atoms with Gasteiger partial charge in [-0.1, -0.05) is 25.5 Å². The van der Waals surface area contributed by atoms with Crippen molar-refractivity contribution in [1.82, 2.24) is 20.2 Å². The standard InChI is InChI=1S/C13H16N4O2/c1-2-3-7-17-13(14-15-16-17)10-19-12-6-4-5-11(8-12)9-18/h4-6,8-9H,2-3,7,10H2,1H3. The van der Waals surface area contributed by atoms with Crippen molar-refractivity contribution in [3.63, 3.8) is 0 Å². The molecule has 6 heteroatoms. The number of tetrazole rings is 1. The summed E-state index contributed by atoms with van der Waals surface area (Å²) in [5, 5.41) is 11.5. The summed E-state index contributed by atoms with van der Waals surface area (Å²) in [5.74, 6) is 1.32. The van der Waals surface area contributed by atoms with Crippen LogP contribution >= 0.6 is 0 Å². The molecule has 1 aromatic carbocycles. The van der Waals surface area contributed by atoms with Gasteiger partial charge in [-0.3, -0.25) is 4.79 Å². The quantitative estimate of drug-likeness (QED) is 0.711. The van der Waals surface area contributed by atoms with Gasteiger partial charge in [0.15, 0.2) is 5.82 Å². The maximum atomic E-state index is 10.7. The fourth-order valence-electron chi connectivity index (χ4n) is 1.63. The third-order valence-electron chi connectivity index (χ3n) is 2.69. The Balaban J connectivity index is 1.98. The molecule has 0 aliphatic heterocycles. The molecule has 2 rings (SSSR count). The molecule has 1 aromatic heterocycles. The number of rotatable bonds is 7. The van der Waals surface area contributed by atoms with Crippen LogP contribution in [0.1, 0.15) is 35.9 Å². The summed E-state index contributed by atoms with van der Waals surface area (Å²) in [7, 11) is 0. The Hall–Kier alpha value is -2.24. The minimum absolute atomic E-state index is 0.291. The second-order valence-corrected chi connectivity index (χ2v) is 4.15. The van der Waals surface area contributed by atoms with Crippen LogP contribution in [0.5, 0.6) is 5.75 Å². The van der Waals surface area contributed by atoms with Crippen LogP contribution in [0.15, 0.2) is 24.3 Å². The Labute approximate surface area is 111 Å². The molecule has 19 heavy (non-hydrogen) atoms. The Morgan fingerprint density at radius 3 is 3.11 bits per heavy atom. The normalized spacial score (nSPS) is 10.4. The highest BCUT2D eigenvalue weighted by atomic mass is 16.5. The number of aldehydes is 1. The fourth-order valence-corrected chi connectivity index (χ4v) is 1.63. The minimum Gasteiger partial charge on any atom is -0.486 e. The monoisotopic (exact) mass is 260 g/mol. The molecule has 2 aromatic rings. The molecular formula is C13H16N4O2. The predicted molar refractivity (Wildman–Crippen MR) is 68.9 cm³/mol. The van der Waals surface area contributed by atoms with Crippen molar-refractivity contribution in [2.24, 2.45) is 0 Å². The highest BCUT2D eigenvalue weighted by Crippen LogP contribution is 2.13. The van der Waals surface area contributed by atoms with Crippen LogP contribution < -0.4 is 4.74 Å². The maximum absolute atomic E-state index is 10.7. The number of hydrogen-bond acceptors (Lipinski definition) is 5. The van der Waals surface area contributed by atoms with Gasteiger partial charge in [0.25, 0.3) is 0 Å². The van der Waals surface area contributed by atoms with E-state index in [2.05, 4.69) is 22.4 Å². The summed E-state index contributed by atoms with van der Waals surface area (Å²) in [6.45, 7) is 3.20. The highest BCUT2D eigenvalue weighted by Gasteiger charge is 2.06. The van der Waals surface area contributed by atoms with Crippen LogP contribution in [0.3, 0.4) is 0 Å². The summed E-state index contributed by atoms with van der Waals surface area (Å²) in [6.07, 6.45) is 2.90. The summed E-state index contributed by atoms with van der Waals surface area (Å²) in [4.78, 5) is 10.7. The molecule has 0 fully saturated rings. The molecule has 0 bridgehead atoms. The lowest BCUT2D eigenvalue weighted by Crippen LogP contribution is -2.09. The molecule has 0 saturated heterocycles. The first kappa shape index (κ1) is 13.2. The van der Waals surface area contributed by atoms with Crippen LogP contribution in [0.25, 0.3) is 0 Å². The number of hydrogen-bond donors (Lipinski definition) is 0. The number of benzene rings is 1. The summed E-state index contributed by atoms with van der Waals surface area (Å²) in [5.41, 5.74) is 0.586.